The van der Waals surface area contributed by atoms with Crippen molar-refractivity contribution in [3.8, 4) is 52.8 Å². The number of allylic oxidation sites excluding steroid dienone is 3. The molecule has 0 aliphatic carbocycles. The molecule has 0 spiro atoms. The Morgan fingerprint density at radius 3 is 0.939 bits per heavy atom. The molecule has 4 aromatic rings. The highest BCUT2D eigenvalue weighted by Gasteiger charge is 2.18. The molecule has 7 rings (SSSR count). The maximum atomic E-state index is 6.02. The molecule has 3 aliphatic rings. The largest absolute Gasteiger partial charge is 0.494 e. The monoisotopic (exact) mass is 888 g/mol. The Bertz CT molecular complexity index is 2180. The van der Waals surface area contributed by atoms with Crippen LogP contribution in [0.5, 0.6) is 17.2 Å². The molecule has 0 aromatic heterocycles. The number of anilines is 3. The van der Waals surface area contributed by atoms with Crippen LogP contribution in [-0.4, -0.2) is 19.8 Å². The first-order valence-electron chi connectivity index (χ1n) is 23.3. The first-order valence-corrected chi connectivity index (χ1v) is 23.3. The van der Waals surface area contributed by atoms with E-state index in [0.29, 0.717) is 53.8 Å². The molecule has 0 amide bonds. The molecule has 3 N–H and O–H groups in total. The molecule has 0 saturated heterocycles. The van der Waals surface area contributed by atoms with Crippen molar-refractivity contribution < 1.29 is 28.7 Å². The second-order valence-electron chi connectivity index (χ2n) is 15.8. The van der Waals surface area contributed by atoms with E-state index in [9.17, 15) is 0 Å². The summed E-state index contributed by atoms with van der Waals surface area (Å²) in [4.78, 5) is 18.1. The van der Waals surface area contributed by atoms with Crippen LogP contribution in [0.25, 0.3) is 0 Å². The van der Waals surface area contributed by atoms with Gasteiger partial charge < -0.3 is 28.7 Å². The van der Waals surface area contributed by atoms with E-state index in [0.717, 1.165) is 53.6 Å². The summed E-state index contributed by atoms with van der Waals surface area (Å²) in [5.41, 5.74) is 13.9. The minimum atomic E-state index is 0.444. The average molecular weight is 889 g/mol. The fourth-order valence-corrected chi connectivity index (χ4v) is 6.80. The molecule has 0 unspecified atom stereocenters. The normalized spacial score (nSPS) is 13.3. The van der Waals surface area contributed by atoms with Crippen molar-refractivity contribution in [1.29, 1.82) is 0 Å². The van der Waals surface area contributed by atoms with Gasteiger partial charge >= 0.3 is 0 Å². The van der Waals surface area contributed by atoms with Gasteiger partial charge in [-0.05, 0) is 128 Å². The van der Waals surface area contributed by atoms with E-state index in [4.69, 9.17) is 28.7 Å². The fraction of sp³-hybridized carbons (Fsp3) is 0.333. The van der Waals surface area contributed by atoms with Crippen molar-refractivity contribution in [2.24, 2.45) is 0 Å². The zero-order chi connectivity index (χ0) is 45.6. The zero-order valence-corrected chi connectivity index (χ0v) is 38.3. The summed E-state index contributed by atoms with van der Waals surface area (Å²) in [5, 5.41) is 4.67. The molecule has 0 bridgehead atoms. The molecular weight excluding hydrogens is 829 g/mol. The summed E-state index contributed by atoms with van der Waals surface area (Å²) in [5.74, 6) is 22.9. The number of ether oxygens (including phenoxy) is 3. The van der Waals surface area contributed by atoms with E-state index in [1.165, 1.54) is 57.8 Å². The molecule has 0 atom stereocenters. The van der Waals surface area contributed by atoms with Crippen LogP contribution in [0.15, 0.2) is 127 Å². The molecule has 66 heavy (non-hydrogen) atoms. The SMILES string of the molecule is CCCCCCOc1ccc(N2NC=C(C#Cc3cc(C#CC4=CNN(c5ccc(OCCCCCC)cc5)O4)cc(C#CC4=CNN(c5ccc(OCCCCCC)cc5)O4)c3)O2)cc1. The summed E-state index contributed by atoms with van der Waals surface area (Å²) in [6.07, 6.45) is 19.1. The lowest BCUT2D eigenvalue weighted by Gasteiger charge is -2.17. The van der Waals surface area contributed by atoms with Crippen LogP contribution in [0.4, 0.5) is 17.1 Å². The summed E-state index contributed by atoms with van der Waals surface area (Å²) >= 11 is 0. The van der Waals surface area contributed by atoms with Crippen LogP contribution in [0.2, 0.25) is 0 Å². The van der Waals surface area contributed by atoms with Crippen LogP contribution < -0.4 is 46.0 Å². The van der Waals surface area contributed by atoms with Crippen molar-refractivity contribution in [3.63, 3.8) is 0 Å². The van der Waals surface area contributed by atoms with Gasteiger partial charge in [-0.1, -0.05) is 96.3 Å². The first kappa shape index (κ1) is 46.4. The molecule has 3 heterocycles. The number of hydrazine groups is 3. The van der Waals surface area contributed by atoms with Gasteiger partial charge in [-0.3, -0.25) is 16.3 Å². The van der Waals surface area contributed by atoms with Gasteiger partial charge in [0.2, 0.25) is 17.3 Å². The van der Waals surface area contributed by atoms with Crippen LogP contribution in [0, 0.1) is 35.5 Å². The summed E-state index contributed by atoms with van der Waals surface area (Å²) in [6, 6.07) is 29.0. The Hall–Kier alpha value is -7.62. The van der Waals surface area contributed by atoms with Gasteiger partial charge in [0.25, 0.3) is 0 Å². The molecule has 342 valence electrons. The third kappa shape index (κ3) is 14.5. The standard InChI is InChI=1S/C54H60N6O6/c1-4-7-10-13-34-61-49-28-19-46(20-29-49)58-55-40-52(64-58)25-16-43-37-44(17-26-53-41-56-59(65-53)47-21-30-50(31-22-47)62-35-14-11-8-5-2)39-45(38-43)18-27-54-42-57-60(66-54)48-23-32-51(33-24-48)63-36-15-12-9-6-3/h19-24,28-33,37-42,55-57H,4-15,34-36H2,1-3H3. The quantitative estimate of drug-likeness (QED) is 0.0548. The van der Waals surface area contributed by atoms with Crippen LogP contribution in [0.3, 0.4) is 0 Å². The minimum absolute atomic E-state index is 0.444. The molecule has 0 radical (unpaired) electrons. The van der Waals surface area contributed by atoms with E-state index in [1.807, 2.05) is 91.0 Å². The maximum Gasteiger partial charge on any atom is 0.225 e. The molecule has 4 aromatic carbocycles. The van der Waals surface area contributed by atoms with Crippen LogP contribution in [-0.2, 0) is 14.5 Å². The Kier molecular flexibility index (Phi) is 17.6. The number of benzene rings is 4. The van der Waals surface area contributed by atoms with Crippen molar-refractivity contribution in [1.82, 2.24) is 16.3 Å². The second-order valence-corrected chi connectivity index (χ2v) is 15.8. The van der Waals surface area contributed by atoms with Crippen molar-refractivity contribution in [2.75, 3.05) is 35.3 Å². The minimum Gasteiger partial charge on any atom is -0.494 e. The predicted octanol–water partition coefficient (Wildman–Crippen LogP) is 11.0. The van der Waals surface area contributed by atoms with Crippen molar-refractivity contribution >= 4 is 17.1 Å². The lowest BCUT2D eigenvalue weighted by Crippen LogP contribution is -2.28. The van der Waals surface area contributed by atoms with Gasteiger partial charge in [-0.15, -0.1) is 15.5 Å². The van der Waals surface area contributed by atoms with E-state index >= 15 is 0 Å². The third-order valence-corrected chi connectivity index (χ3v) is 10.4. The van der Waals surface area contributed by atoms with Gasteiger partial charge in [0.05, 0.1) is 55.5 Å². The Morgan fingerprint density at radius 1 is 0.379 bits per heavy atom. The van der Waals surface area contributed by atoms with Gasteiger partial charge in [0, 0.05) is 16.7 Å². The third-order valence-electron chi connectivity index (χ3n) is 10.4. The van der Waals surface area contributed by atoms with Gasteiger partial charge in [-0.2, -0.15) is 0 Å². The van der Waals surface area contributed by atoms with Crippen LogP contribution >= 0.6 is 0 Å². The summed E-state index contributed by atoms with van der Waals surface area (Å²) in [6.45, 7) is 8.73. The Balaban J connectivity index is 0.997. The number of nitrogens with one attached hydrogen (secondary N) is 3. The van der Waals surface area contributed by atoms with E-state index < -0.39 is 0 Å². The highest BCUT2D eigenvalue weighted by molar-refractivity contribution is 5.56. The second kappa shape index (κ2) is 25.0. The summed E-state index contributed by atoms with van der Waals surface area (Å²) < 4.78 is 17.7. The van der Waals surface area contributed by atoms with Gasteiger partial charge in [0.1, 0.15) is 17.2 Å². The molecule has 0 saturated carbocycles. The zero-order valence-electron chi connectivity index (χ0n) is 38.3. The molecule has 12 nitrogen and oxygen atoms in total. The number of hydrogen-bond donors (Lipinski definition) is 3. The number of rotatable bonds is 21. The molecule has 0 fully saturated rings. The topological polar surface area (TPSA) is 101 Å². The van der Waals surface area contributed by atoms with Crippen molar-refractivity contribution in [3.05, 3.63) is 144 Å². The highest BCUT2D eigenvalue weighted by atomic mass is 16.7. The van der Waals surface area contributed by atoms with E-state index in [1.54, 1.807) is 34.1 Å². The van der Waals surface area contributed by atoms with E-state index in [-0.39, 0.29) is 0 Å². The maximum absolute atomic E-state index is 6.02. The lowest BCUT2D eigenvalue weighted by atomic mass is 10.1. The lowest BCUT2D eigenvalue weighted by molar-refractivity contribution is 0.204. The smallest absolute Gasteiger partial charge is 0.225 e. The molecular formula is C54H60N6O6. The summed E-state index contributed by atoms with van der Waals surface area (Å²) in [7, 11) is 0. The van der Waals surface area contributed by atoms with E-state index in [2.05, 4.69) is 72.6 Å². The Morgan fingerprint density at radius 2 is 0.667 bits per heavy atom. The fourth-order valence-electron chi connectivity index (χ4n) is 6.80. The average Bonchev–Trinajstić information content (AvgIpc) is 4.15. The highest BCUT2D eigenvalue weighted by Crippen LogP contribution is 2.25. The first-order chi connectivity index (χ1) is 32.5. The van der Waals surface area contributed by atoms with Gasteiger partial charge in [-0.25, -0.2) is 0 Å². The predicted molar refractivity (Wildman–Crippen MR) is 260 cm³/mol. The van der Waals surface area contributed by atoms with Gasteiger partial charge in [0.15, 0.2) is 0 Å². The number of nitrogens with zero attached hydrogens (tertiary/aromatic N) is 3. The Labute approximate surface area is 390 Å². The molecule has 12 heteroatoms. The number of hydrogen-bond acceptors (Lipinski definition) is 12. The number of unbranched alkanes of at least 4 members (excludes halogenated alkanes) is 9. The molecule has 3 aliphatic heterocycles. The van der Waals surface area contributed by atoms with Crippen molar-refractivity contribution in [2.45, 2.75) is 97.8 Å². The van der Waals surface area contributed by atoms with Crippen LogP contribution in [0.1, 0.15) is 115 Å².